The zero-order valence-electron chi connectivity index (χ0n) is 12.5. The number of amides is 1. The van der Waals surface area contributed by atoms with Gasteiger partial charge < -0.3 is 16.0 Å². The summed E-state index contributed by atoms with van der Waals surface area (Å²) in [4.78, 5) is 18.7. The van der Waals surface area contributed by atoms with Gasteiger partial charge in [-0.3, -0.25) is 4.79 Å². The van der Waals surface area contributed by atoms with Crippen molar-refractivity contribution in [2.45, 2.75) is 19.4 Å². The molecule has 1 aromatic carbocycles. The predicted octanol–water partition coefficient (Wildman–Crippen LogP) is 2.67. The highest BCUT2D eigenvalue weighted by Gasteiger charge is 2.19. The van der Waals surface area contributed by atoms with Gasteiger partial charge in [0.25, 0.3) is 5.91 Å². The van der Waals surface area contributed by atoms with Crippen molar-refractivity contribution in [3.8, 4) is 0 Å². The summed E-state index contributed by atoms with van der Waals surface area (Å²) >= 11 is 1.55. The highest BCUT2D eigenvalue weighted by atomic mass is 32.1. The molecule has 1 amide bonds. The molecule has 5 nitrogen and oxygen atoms in total. The maximum Gasteiger partial charge on any atom is 0.254 e. The van der Waals surface area contributed by atoms with Crippen molar-refractivity contribution in [1.82, 2.24) is 10.3 Å². The van der Waals surface area contributed by atoms with E-state index in [0.29, 0.717) is 11.3 Å². The predicted molar refractivity (Wildman–Crippen MR) is 87.8 cm³/mol. The molecule has 1 atom stereocenters. The van der Waals surface area contributed by atoms with Gasteiger partial charge in [-0.2, -0.15) is 0 Å². The number of nitrogens with zero attached hydrogens (tertiary/aromatic N) is 2. The molecule has 6 heteroatoms. The second kappa shape index (κ2) is 6.58. The van der Waals surface area contributed by atoms with Gasteiger partial charge >= 0.3 is 0 Å². The van der Waals surface area contributed by atoms with Crippen LogP contribution in [-0.2, 0) is 0 Å². The van der Waals surface area contributed by atoms with Gasteiger partial charge in [-0.1, -0.05) is 6.92 Å². The molecule has 0 saturated heterocycles. The molecule has 0 aliphatic rings. The number of nitrogens with two attached hydrogens (primary N) is 1. The smallest absolute Gasteiger partial charge is 0.254 e. The molecule has 0 saturated carbocycles. The normalized spacial score (nSPS) is 12.0. The largest absolute Gasteiger partial charge is 0.399 e. The van der Waals surface area contributed by atoms with E-state index in [1.165, 1.54) is 0 Å². The van der Waals surface area contributed by atoms with Gasteiger partial charge in [-0.25, -0.2) is 4.98 Å². The Balaban J connectivity index is 2.25. The Labute approximate surface area is 128 Å². The van der Waals surface area contributed by atoms with E-state index in [1.54, 1.807) is 29.7 Å². The van der Waals surface area contributed by atoms with Crippen molar-refractivity contribution >= 4 is 28.6 Å². The Bertz CT molecular complexity index is 610. The second-order valence-corrected chi connectivity index (χ2v) is 5.90. The van der Waals surface area contributed by atoms with E-state index < -0.39 is 0 Å². The lowest BCUT2D eigenvalue weighted by atomic mass is 10.1. The van der Waals surface area contributed by atoms with Crippen LogP contribution in [-0.4, -0.2) is 25.0 Å². The van der Waals surface area contributed by atoms with Crippen LogP contribution in [0.25, 0.3) is 0 Å². The minimum absolute atomic E-state index is 0.0751. The zero-order valence-corrected chi connectivity index (χ0v) is 13.3. The molecule has 0 radical (unpaired) electrons. The summed E-state index contributed by atoms with van der Waals surface area (Å²) in [6.07, 6.45) is 2.54. The quantitative estimate of drug-likeness (QED) is 0.833. The lowest BCUT2D eigenvalue weighted by Crippen LogP contribution is -2.29. The Morgan fingerprint density at radius 3 is 2.81 bits per heavy atom. The Hall–Kier alpha value is -2.08. The monoisotopic (exact) mass is 304 g/mol. The second-order valence-electron chi connectivity index (χ2n) is 4.98. The number of nitrogen functional groups attached to an aromatic ring is 1. The number of hydrogen-bond acceptors (Lipinski definition) is 5. The molecular weight excluding hydrogens is 284 g/mol. The highest BCUT2D eigenvalue weighted by Crippen LogP contribution is 2.24. The summed E-state index contributed by atoms with van der Waals surface area (Å²) in [5.41, 5.74) is 7.81. The van der Waals surface area contributed by atoms with Gasteiger partial charge in [0.2, 0.25) is 0 Å². The van der Waals surface area contributed by atoms with Crippen molar-refractivity contribution in [3.05, 3.63) is 40.3 Å². The van der Waals surface area contributed by atoms with Gasteiger partial charge in [-0.15, -0.1) is 11.3 Å². The van der Waals surface area contributed by atoms with Crippen molar-refractivity contribution in [1.29, 1.82) is 0 Å². The van der Waals surface area contributed by atoms with E-state index in [4.69, 9.17) is 5.73 Å². The van der Waals surface area contributed by atoms with Crippen LogP contribution in [0, 0.1) is 0 Å². The van der Waals surface area contributed by atoms with Crippen LogP contribution in [0.2, 0.25) is 0 Å². The third-order valence-electron chi connectivity index (χ3n) is 3.21. The first-order valence-corrected chi connectivity index (χ1v) is 7.68. The topological polar surface area (TPSA) is 71.2 Å². The highest BCUT2D eigenvalue weighted by molar-refractivity contribution is 7.09. The van der Waals surface area contributed by atoms with E-state index in [-0.39, 0.29) is 11.9 Å². The minimum Gasteiger partial charge on any atom is -0.399 e. The fraction of sp³-hybridized carbons (Fsp3) is 0.333. The summed E-state index contributed by atoms with van der Waals surface area (Å²) in [5, 5.41) is 5.86. The average molecular weight is 304 g/mol. The number of benzene rings is 1. The van der Waals surface area contributed by atoms with Gasteiger partial charge in [0.15, 0.2) is 0 Å². The molecule has 1 heterocycles. The molecule has 1 unspecified atom stereocenters. The van der Waals surface area contributed by atoms with Crippen LogP contribution < -0.4 is 16.0 Å². The molecule has 0 spiro atoms. The molecule has 2 aromatic rings. The van der Waals surface area contributed by atoms with Crippen LogP contribution in [0.4, 0.5) is 11.4 Å². The van der Waals surface area contributed by atoms with E-state index >= 15 is 0 Å². The number of aromatic nitrogens is 1. The summed E-state index contributed by atoms with van der Waals surface area (Å²) in [6, 6.07) is 5.28. The van der Waals surface area contributed by atoms with Gasteiger partial charge in [0.05, 0.1) is 11.6 Å². The fourth-order valence-electron chi connectivity index (χ4n) is 2.11. The molecule has 1 aromatic heterocycles. The van der Waals surface area contributed by atoms with Crippen LogP contribution in [0.1, 0.15) is 34.8 Å². The first-order chi connectivity index (χ1) is 10.0. The first-order valence-electron chi connectivity index (χ1n) is 6.80. The number of rotatable bonds is 5. The standard InChI is InChI=1S/C15H20N4OS/c1-4-12(15-17-7-8-21-15)18-14(20)11-9-10(16)5-6-13(11)19(2)3/h5-9,12H,4,16H2,1-3H3,(H,18,20). The fourth-order valence-corrected chi connectivity index (χ4v) is 2.88. The van der Waals surface area contributed by atoms with Gasteiger partial charge in [0.1, 0.15) is 5.01 Å². The molecule has 3 N–H and O–H groups in total. The van der Waals surface area contributed by atoms with E-state index in [1.807, 2.05) is 37.4 Å². The molecule has 21 heavy (non-hydrogen) atoms. The molecule has 0 bridgehead atoms. The molecule has 0 aliphatic heterocycles. The molecule has 112 valence electrons. The number of thiazole rings is 1. The van der Waals surface area contributed by atoms with Crippen molar-refractivity contribution in [3.63, 3.8) is 0 Å². The molecular formula is C15H20N4OS. The summed E-state index contributed by atoms with van der Waals surface area (Å²) in [6.45, 7) is 2.03. The summed E-state index contributed by atoms with van der Waals surface area (Å²) < 4.78 is 0. The number of carbonyl (C=O) groups is 1. The lowest BCUT2D eigenvalue weighted by Gasteiger charge is -2.20. The number of nitrogens with one attached hydrogen (secondary N) is 1. The Morgan fingerprint density at radius 2 is 2.24 bits per heavy atom. The third-order valence-corrected chi connectivity index (χ3v) is 4.10. The molecule has 0 aliphatic carbocycles. The van der Waals surface area contributed by atoms with Crippen LogP contribution in [0.3, 0.4) is 0 Å². The number of anilines is 2. The Morgan fingerprint density at radius 1 is 1.48 bits per heavy atom. The molecule has 0 fully saturated rings. The van der Waals surface area contributed by atoms with Crippen LogP contribution in [0.15, 0.2) is 29.8 Å². The zero-order chi connectivity index (χ0) is 15.4. The average Bonchev–Trinajstić information content (AvgIpc) is 2.98. The summed E-state index contributed by atoms with van der Waals surface area (Å²) in [5.74, 6) is -0.131. The molecule has 2 rings (SSSR count). The number of hydrogen-bond donors (Lipinski definition) is 2. The number of carbonyl (C=O) groups excluding carboxylic acids is 1. The van der Waals surface area contributed by atoms with Crippen molar-refractivity contribution < 1.29 is 4.79 Å². The van der Waals surface area contributed by atoms with Crippen LogP contribution >= 0.6 is 11.3 Å². The lowest BCUT2D eigenvalue weighted by molar-refractivity contribution is 0.0936. The van der Waals surface area contributed by atoms with E-state index in [2.05, 4.69) is 10.3 Å². The van der Waals surface area contributed by atoms with Gasteiger partial charge in [0, 0.05) is 37.0 Å². The SMILES string of the molecule is CCC(NC(=O)c1cc(N)ccc1N(C)C)c1nccs1. The minimum atomic E-state index is -0.131. The Kier molecular flexibility index (Phi) is 4.80. The van der Waals surface area contributed by atoms with Gasteiger partial charge in [-0.05, 0) is 24.6 Å². The van der Waals surface area contributed by atoms with Crippen LogP contribution in [0.5, 0.6) is 0 Å². The third kappa shape index (κ3) is 3.52. The first kappa shape index (κ1) is 15.3. The van der Waals surface area contributed by atoms with E-state index in [9.17, 15) is 4.79 Å². The van der Waals surface area contributed by atoms with Crippen molar-refractivity contribution in [2.75, 3.05) is 24.7 Å². The van der Waals surface area contributed by atoms with E-state index in [0.717, 1.165) is 17.1 Å². The summed E-state index contributed by atoms with van der Waals surface area (Å²) in [7, 11) is 3.81. The van der Waals surface area contributed by atoms with Crippen molar-refractivity contribution in [2.24, 2.45) is 0 Å². The maximum atomic E-state index is 12.6. The maximum absolute atomic E-state index is 12.6.